The largest absolute Gasteiger partial charge is 0.397 e. The molecular weight excluding hydrogens is 528 g/mol. The molecule has 0 radical (unpaired) electrons. The summed E-state index contributed by atoms with van der Waals surface area (Å²) in [7, 11) is -4.33. The molecule has 0 saturated heterocycles. The van der Waals surface area contributed by atoms with Crippen LogP contribution in [0, 0.1) is 5.92 Å². The molecule has 0 aliphatic carbocycles. The first-order valence-corrected chi connectivity index (χ1v) is 17.2. The van der Waals surface area contributed by atoms with Gasteiger partial charge < -0.3 is 0 Å². The maximum absolute atomic E-state index is 10.7. The molecule has 0 bridgehead atoms. The van der Waals surface area contributed by atoms with E-state index in [1.807, 2.05) is 12.2 Å². The SMILES string of the molecule is C=Cc1ccc(CC(CCCCCCCCCCCCCCCC(C)OS(=O)(=O)O)Cc2ccc(C=C)cc2)cc1. The van der Waals surface area contributed by atoms with E-state index in [0.717, 1.165) is 25.7 Å². The Hall–Kier alpha value is -2.21. The first kappa shape index (κ1) is 35.0. The van der Waals surface area contributed by atoms with Crippen molar-refractivity contribution in [1.29, 1.82) is 0 Å². The molecule has 2 rings (SSSR count). The molecule has 5 heteroatoms. The summed E-state index contributed by atoms with van der Waals surface area (Å²) < 4.78 is 34.6. The Bertz CT molecular complexity index is 1020. The Morgan fingerprint density at radius 1 is 0.634 bits per heavy atom. The number of benzene rings is 2. The first-order valence-electron chi connectivity index (χ1n) is 15.9. The Morgan fingerprint density at radius 2 is 0.976 bits per heavy atom. The topological polar surface area (TPSA) is 63.6 Å². The van der Waals surface area contributed by atoms with E-state index >= 15 is 0 Å². The van der Waals surface area contributed by atoms with Gasteiger partial charge in [0.25, 0.3) is 0 Å². The Morgan fingerprint density at radius 3 is 1.32 bits per heavy atom. The summed E-state index contributed by atoms with van der Waals surface area (Å²) in [4.78, 5) is 0. The number of rotatable bonds is 24. The molecule has 0 aromatic heterocycles. The van der Waals surface area contributed by atoms with Crippen LogP contribution < -0.4 is 0 Å². The predicted octanol–water partition coefficient (Wildman–Crippen LogP) is 10.4. The van der Waals surface area contributed by atoms with Crippen molar-refractivity contribution in [2.45, 2.75) is 122 Å². The third-order valence-corrected chi connectivity index (χ3v) is 8.56. The Kier molecular flexibility index (Phi) is 17.6. The van der Waals surface area contributed by atoms with Gasteiger partial charge in [0, 0.05) is 0 Å². The van der Waals surface area contributed by atoms with Gasteiger partial charge in [-0.1, -0.05) is 157 Å². The molecule has 0 aliphatic rings. The van der Waals surface area contributed by atoms with Crippen molar-refractivity contribution >= 4 is 22.6 Å². The highest BCUT2D eigenvalue weighted by molar-refractivity contribution is 7.80. The van der Waals surface area contributed by atoms with Crippen molar-refractivity contribution in [3.63, 3.8) is 0 Å². The summed E-state index contributed by atoms with van der Waals surface area (Å²) in [6, 6.07) is 17.7. The standard InChI is InChI=1S/C36H54O4S/c1-4-32-21-25-34(26-22-32)29-36(30-35-27-23-33(5-2)24-28-35)20-18-16-14-12-10-8-6-7-9-11-13-15-17-19-31(3)40-41(37,38)39/h4-5,21-28,31,36H,1-2,6-20,29-30H2,3H3,(H,37,38,39). The zero-order valence-electron chi connectivity index (χ0n) is 25.4. The minimum atomic E-state index is -4.33. The molecular formula is C36H54O4S. The summed E-state index contributed by atoms with van der Waals surface area (Å²) in [5.41, 5.74) is 5.20. The quantitative estimate of drug-likeness (QED) is 0.0988. The van der Waals surface area contributed by atoms with Crippen LogP contribution in [0.2, 0.25) is 0 Å². The van der Waals surface area contributed by atoms with E-state index in [1.54, 1.807) is 6.92 Å². The number of unbranched alkanes of at least 4 members (excludes halogenated alkanes) is 12. The van der Waals surface area contributed by atoms with Gasteiger partial charge in [-0.25, -0.2) is 4.18 Å². The van der Waals surface area contributed by atoms with E-state index in [-0.39, 0.29) is 0 Å². The van der Waals surface area contributed by atoms with Crippen LogP contribution in [0.15, 0.2) is 61.7 Å². The predicted molar refractivity (Wildman–Crippen MR) is 175 cm³/mol. The van der Waals surface area contributed by atoms with E-state index in [0.29, 0.717) is 12.3 Å². The molecule has 0 spiro atoms. The summed E-state index contributed by atoms with van der Waals surface area (Å²) in [6.45, 7) is 9.43. The summed E-state index contributed by atoms with van der Waals surface area (Å²) in [5, 5.41) is 0. The van der Waals surface area contributed by atoms with E-state index in [2.05, 4.69) is 65.9 Å². The third kappa shape index (κ3) is 17.4. The van der Waals surface area contributed by atoms with Gasteiger partial charge in [0.05, 0.1) is 6.10 Å². The lowest BCUT2D eigenvalue weighted by Crippen LogP contribution is -2.14. The second-order valence-electron chi connectivity index (χ2n) is 11.7. The average molecular weight is 583 g/mol. The van der Waals surface area contributed by atoms with Gasteiger partial charge in [0.15, 0.2) is 0 Å². The lowest BCUT2D eigenvalue weighted by Gasteiger charge is -2.18. The van der Waals surface area contributed by atoms with Gasteiger partial charge in [-0.2, -0.15) is 8.42 Å². The van der Waals surface area contributed by atoms with E-state index < -0.39 is 16.5 Å². The van der Waals surface area contributed by atoms with Crippen molar-refractivity contribution in [2.75, 3.05) is 0 Å². The number of hydrogen-bond donors (Lipinski definition) is 1. The van der Waals surface area contributed by atoms with Crippen molar-refractivity contribution < 1.29 is 17.2 Å². The normalized spacial score (nSPS) is 12.5. The van der Waals surface area contributed by atoms with Crippen LogP contribution >= 0.6 is 0 Å². The third-order valence-electron chi connectivity index (χ3n) is 7.99. The molecule has 1 atom stereocenters. The fraction of sp³-hybridized carbons (Fsp3) is 0.556. The fourth-order valence-corrected chi connectivity index (χ4v) is 6.10. The fourth-order valence-electron chi connectivity index (χ4n) is 5.59. The van der Waals surface area contributed by atoms with Gasteiger partial charge in [-0.3, -0.25) is 4.55 Å². The van der Waals surface area contributed by atoms with Crippen LogP contribution in [0.5, 0.6) is 0 Å². The molecule has 1 unspecified atom stereocenters. The summed E-state index contributed by atoms with van der Waals surface area (Å²) in [6.07, 6.45) is 23.9. The van der Waals surface area contributed by atoms with Crippen LogP contribution in [-0.2, 0) is 27.4 Å². The Labute approximate surface area is 251 Å². The average Bonchev–Trinajstić information content (AvgIpc) is 2.95. The highest BCUT2D eigenvalue weighted by Gasteiger charge is 2.12. The van der Waals surface area contributed by atoms with Gasteiger partial charge in [0.2, 0.25) is 0 Å². The minimum Gasteiger partial charge on any atom is -0.264 e. The monoisotopic (exact) mass is 582 g/mol. The van der Waals surface area contributed by atoms with E-state index in [1.165, 1.54) is 99.3 Å². The van der Waals surface area contributed by atoms with Crippen molar-refractivity contribution in [1.82, 2.24) is 0 Å². The van der Waals surface area contributed by atoms with Crippen LogP contribution in [-0.4, -0.2) is 19.1 Å². The first-order chi connectivity index (χ1) is 19.8. The lowest BCUT2D eigenvalue weighted by atomic mass is 9.87. The number of hydrogen-bond acceptors (Lipinski definition) is 3. The smallest absolute Gasteiger partial charge is 0.264 e. The van der Waals surface area contributed by atoms with Gasteiger partial charge >= 0.3 is 10.4 Å². The second kappa shape index (κ2) is 20.6. The van der Waals surface area contributed by atoms with Gasteiger partial charge in [0.1, 0.15) is 0 Å². The molecule has 0 heterocycles. The molecule has 0 aliphatic heterocycles. The van der Waals surface area contributed by atoms with E-state index in [4.69, 9.17) is 4.55 Å². The molecule has 0 saturated carbocycles. The Balaban J connectivity index is 1.54. The maximum Gasteiger partial charge on any atom is 0.397 e. The minimum absolute atomic E-state index is 0.451. The van der Waals surface area contributed by atoms with Crippen LogP contribution in [0.3, 0.4) is 0 Å². The van der Waals surface area contributed by atoms with Crippen LogP contribution in [0.4, 0.5) is 0 Å². The van der Waals surface area contributed by atoms with Crippen molar-refractivity contribution in [3.05, 3.63) is 83.9 Å². The zero-order chi connectivity index (χ0) is 29.8. The van der Waals surface area contributed by atoms with Gasteiger partial charge in [-0.15, -0.1) is 0 Å². The highest BCUT2D eigenvalue weighted by Crippen LogP contribution is 2.23. The highest BCUT2D eigenvalue weighted by atomic mass is 32.3. The van der Waals surface area contributed by atoms with E-state index in [9.17, 15) is 8.42 Å². The molecule has 2 aromatic carbocycles. The lowest BCUT2D eigenvalue weighted by molar-refractivity contribution is 0.185. The molecule has 41 heavy (non-hydrogen) atoms. The molecule has 1 N–H and O–H groups in total. The zero-order valence-corrected chi connectivity index (χ0v) is 26.3. The molecule has 0 fully saturated rings. The van der Waals surface area contributed by atoms with Crippen molar-refractivity contribution in [3.8, 4) is 0 Å². The summed E-state index contributed by atoms with van der Waals surface area (Å²) >= 11 is 0. The molecule has 228 valence electrons. The molecule has 2 aromatic rings. The molecule has 0 amide bonds. The maximum atomic E-state index is 10.7. The van der Waals surface area contributed by atoms with Crippen LogP contribution in [0.25, 0.3) is 12.2 Å². The van der Waals surface area contributed by atoms with Crippen molar-refractivity contribution in [2.24, 2.45) is 5.92 Å². The van der Waals surface area contributed by atoms with Crippen LogP contribution in [0.1, 0.15) is 125 Å². The van der Waals surface area contributed by atoms with Gasteiger partial charge in [-0.05, 0) is 60.8 Å². The second-order valence-corrected chi connectivity index (χ2v) is 12.7. The molecule has 4 nitrogen and oxygen atoms in total. The summed E-state index contributed by atoms with van der Waals surface area (Å²) in [5.74, 6) is 0.660.